The van der Waals surface area contributed by atoms with Crippen LogP contribution in [0.5, 0.6) is 0 Å². The Balaban J connectivity index is 2.21. The molecule has 0 aromatic rings. The fraction of sp³-hybridized carbons (Fsp3) is 0.857. The van der Waals surface area contributed by atoms with Gasteiger partial charge in [-0.3, -0.25) is 9.69 Å². The lowest BCUT2D eigenvalue weighted by Gasteiger charge is -2.31. The van der Waals surface area contributed by atoms with Crippen LogP contribution in [0.15, 0.2) is 0 Å². The van der Waals surface area contributed by atoms with Crippen LogP contribution in [0.3, 0.4) is 0 Å². The van der Waals surface area contributed by atoms with Gasteiger partial charge in [0.25, 0.3) is 0 Å². The first-order valence-electron chi connectivity index (χ1n) is 7.17. The summed E-state index contributed by atoms with van der Waals surface area (Å²) in [6.45, 7) is 9.46. The monoisotopic (exact) mass is 284 g/mol. The molecule has 6 heteroatoms. The molecule has 0 bridgehead atoms. The van der Waals surface area contributed by atoms with Gasteiger partial charge < -0.3 is 15.5 Å². The van der Waals surface area contributed by atoms with Gasteiger partial charge in [-0.2, -0.15) is 0 Å². The van der Waals surface area contributed by atoms with Crippen LogP contribution in [-0.2, 0) is 4.79 Å². The van der Waals surface area contributed by atoms with Gasteiger partial charge in [-0.15, -0.1) is 0 Å². The first-order chi connectivity index (χ1) is 9.20. The van der Waals surface area contributed by atoms with E-state index >= 15 is 0 Å². The fourth-order valence-electron chi connectivity index (χ4n) is 2.24. The van der Waals surface area contributed by atoms with E-state index in [1.807, 2.05) is 0 Å². The molecule has 0 aromatic heterocycles. The molecule has 1 heterocycles. The summed E-state index contributed by atoms with van der Waals surface area (Å²) in [5.41, 5.74) is 0.193. The van der Waals surface area contributed by atoms with E-state index in [9.17, 15) is 9.59 Å². The highest BCUT2D eigenvalue weighted by Gasteiger charge is 2.30. The number of carbonyl (C=O) groups excluding carboxylic acids is 2. The maximum atomic E-state index is 11.6. The maximum absolute atomic E-state index is 11.6. The number of hydrogen-bond donors (Lipinski definition) is 2. The zero-order valence-electron chi connectivity index (χ0n) is 13.3. The molecule has 116 valence electrons. The molecule has 3 amide bonds. The summed E-state index contributed by atoms with van der Waals surface area (Å²) in [7, 11) is 3.29. The van der Waals surface area contributed by atoms with E-state index in [0.29, 0.717) is 12.5 Å². The molecule has 1 fully saturated rings. The van der Waals surface area contributed by atoms with Gasteiger partial charge in [0.1, 0.15) is 0 Å². The van der Waals surface area contributed by atoms with Gasteiger partial charge in [-0.25, -0.2) is 4.79 Å². The number of carbonyl (C=O) groups is 2. The Hall–Kier alpha value is -1.30. The van der Waals surface area contributed by atoms with Gasteiger partial charge >= 0.3 is 6.03 Å². The molecule has 20 heavy (non-hydrogen) atoms. The van der Waals surface area contributed by atoms with Gasteiger partial charge in [-0.1, -0.05) is 0 Å². The third-order valence-corrected chi connectivity index (χ3v) is 3.63. The summed E-state index contributed by atoms with van der Waals surface area (Å²) >= 11 is 0. The van der Waals surface area contributed by atoms with Crippen LogP contribution in [0, 0.1) is 5.92 Å². The van der Waals surface area contributed by atoms with Crippen LogP contribution in [-0.4, -0.2) is 67.6 Å². The highest BCUT2D eigenvalue weighted by atomic mass is 16.2. The lowest BCUT2D eigenvalue weighted by Crippen LogP contribution is -2.43. The Labute approximate surface area is 121 Å². The van der Waals surface area contributed by atoms with Crippen molar-refractivity contribution in [3.05, 3.63) is 0 Å². The van der Waals surface area contributed by atoms with E-state index in [4.69, 9.17) is 0 Å². The van der Waals surface area contributed by atoms with Gasteiger partial charge in [0.15, 0.2) is 0 Å². The topological polar surface area (TPSA) is 64.7 Å². The predicted octanol–water partition coefficient (Wildman–Crippen LogP) is 0.494. The van der Waals surface area contributed by atoms with E-state index in [0.717, 1.165) is 19.5 Å². The average Bonchev–Trinajstić information content (AvgIpc) is 2.81. The minimum Gasteiger partial charge on any atom is -0.354 e. The largest absolute Gasteiger partial charge is 0.354 e. The first-order valence-corrected chi connectivity index (χ1v) is 7.17. The number of likely N-dealkylation sites (tertiary alicyclic amines) is 1. The molecule has 6 nitrogen and oxygen atoms in total. The number of amides is 3. The lowest BCUT2D eigenvalue weighted by atomic mass is 10.1. The average molecular weight is 284 g/mol. The van der Waals surface area contributed by atoms with Gasteiger partial charge in [-0.05, 0) is 39.7 Å². The van der Waals surface area contributed by atoms with Crippen LogP contribution in [0.2, 0.25) is 0 Å². The van der Waals surface area contributed by atoms with Gasteiger partial charge in [0.05, 0.1) is 6.54 Å². The van der Waals surface area contributed by atoms with Crippen LogP contribution in [0.4, 0.5) is 4.79 Å². The molecule has 0 aromatic carbocycles. The molecule has 1 atom stereocenters. The summed E-state index contributed by atoms with van der Waals surface area (Å²) in [5.74, 6) is 0.372. The van der Waals surface area contributed by atoms with Crippen molar-refractivity contribution in [1.82, 2.24) is 20.4 Å². The molecule has 1 saturated heterocycles. The number of hydrogen-bond acceptors (Lipinski definition) is 3. The standard InChI is InChI=1S/C14H28N4O2/c1-14(2,3)18-7-6-11(10-18)8-15-12(19)9-16-13(20)17(4)5/h11H,6-10H2,1-5H3,(H,15,19)(H,16,20). The minimum atomic E-state index is -0.250. The second kappa shape index (κ2) is 6.92. The molecule has 0 spiro atoms. The summed E-state index contributed by atoms with van der Waals surface area (Å²) in [6.07, 6.45) is 1.11. The molecular formula is C14H28N4O2. The molecule has 1 unspecified atom stereocenters. The summed E-state index contributed by atoms with van der Waals surface area (Å²) in [5, 5.41) is 5.45. The van der Waals surface area contributed by atoms with E-state index in [-0.39, 0.29) is 24.0 Å². The van der Waals surface area contributed by atoms with E-state index in [1.54, 1.807) is 14.1 Å². The molecule has 0 saturated carbocycles. The number of rotatable bonds is 4. The van der Waals surface area contributed by atoms with Crippen LogP contribution in [0.25, 0.3) is 0 Å². The van der Waals surface area contributed by atoms with Gasteiger partial charge in [0.2, 0.25) is 5.91 Å². The Morgan fingerprint density at radius 3 is 2.40 bits per heavy atom. The molecule has 0 radical (unpaired) electrons. The smallest absolute Gasteiger partial charge is 0.317 e. The second-order valence-electron chi connectivity index (χ2n) is 6.63. The SMILES string of the molecule is CN(C)C(=O)NCC(=O)NCC1CCN(C(C)(C)C)C1. The van der Waals surface area contributed by atoms with Crippen molar-refractivity contribution in [2.75, 3.05) is 40.3 Å². The highest BCUT2D eigenvalue weighted by molar-refractivity contribution is 5.83. The number of urea groups is 1. The third kappa shape index (κ3) is 5.36. The Morgan fingerprint density at radius 2 is 1.90 bits per heavy atom. The van der Waals surface area contributed by atoms with Crippen molar-refractivity contribution in [2.45, 2.75) is 32.7 Å². The fourth-order valence-corrected chi connectivity index (χ4v) is 2.24. The third-order valence-electron chi connectivity index (χ3n) is 3.63. The molecule has 1 aliphatic heterocycles. The van der Waals surface area contributed by atoms with Crippen LogP contribution < -0.4 is 10.6 Å². The van der Waals surface area contributed by atoms with Crippen molar-refractivity contribution in [2.24, 2.45) is 5.92 Å². The first kappa shape index (κ1) is 16.8. The van der Waals surface area contributed by atoms with Crippen molar-refractivity contribution in [3.63, 3.8) is 0 Å². The van der Waals surface area contributed by atoms with Gasteiger partial charge in [0, 0.05) is 32.7 Å². The lowest BCUT2D eigenvalue weighted by molar-refractivity contribution is -0.120. The summed E-state index contributed by atoms with van der Waals surface area (Å²) in [6, 6.07) is -0.250. The van der Waals surface area contributed by atoms with Crippen LogP contribution >= 0.6 is 0 Å². The van der Waals surface area contributed by atoms with E-state index in [2.05, 4.69) is 36.3 Å². The molecular weight excluding hydrogens is 256 g/mol. The van der Waals surface area contributed by atoms with Crippen LogP contribution in [0.1, 0.15) is 27.2 Å². The normalized spacial score (nSPS) is 19.8. The van der Waals surface area contributed by atoms with Crippen molar-refractivity contribution in [1.29, 1.82) is 0 Å². The van der Waals surface area contributed by atoms with E-state index in [1.165, 1.54) is 4.90 Å². The zero-order valence-corrected chi connectivity index (χ0v) is 13.3. The Kier molecular flexibility index (Phi) is 5.80. The Morgan fingerprint density at radius 1 is 1.25 bits per heavy atom. The summed E-state index contributed by atoms with van der Waals surface area (Å²) < 4.78 is 0. The Bertz CT molecular complexity index is 350. The second-order valence-corrected chi connectivity index (χ2v) is 6.63. The van der Waals surface area contributed by atoms with Crippen molar-refractivity contribution >= 4 is 11.9 Å². The molecule has 2 N–H and O–H groups in total. The number of nitrogens with zero attached hydrogens (tertiary/aromatic N) is 2. The summed E-state index contributed by atoms with van der Waals surface area (Å²) in [4.78, 5) is 26.8. The van der Waals surface area contributed by atoms with Crippen molar-refractivity contribution < 1.29 is 9.59 Å². The van der Waals surface area contributed by atoms with E-state index < -0.39 is 0 Å². The number of nitrogens with one attached hydrogen (secondary N) is 2. The molecule has 1 rings (SSSR count). The molecule has 0 aliphatic carbocycles. The predicted molar refractivity (Wildman–Crippen MR) is 79.5 cm³/mol. The quantitative estimate of drug-likeness (QED) is 0.790. The molecule has 1 aliphatic rings. The maximum Gasteiger partial charge on any atom is 0.317 e. The van der Waals surface area contributed by atoms with Crippen molar-refractivity contribution in [3.8, 4) is 0 Å². The minimum absolute atomic E-state index is 0.0344. The highest BCUT2D eigenvalue weighted by Crippen LogP contribution is 2.23. The zero-order chi connectivity index (χ0) is 15.3.